The molecule has 1 N–H and O–H groups in total. The Hall–Kier alpha value is -3.33. The number of benzene rings is 2. The van der Waals surface area contributed by atoms with Gasteiger partial charge in [0.1, 0.15) is 5.75 Å². The SMILES string of the molecule is COc1ccc(Cl)cc1NC(=O)COc1cc(C)nc(-c2ccc(C(F)(F)F)cc2)n1. The lowest BCUT2D eigenvalue weighted by Gasteiger charge is -2.12. The fraction of sp³-hybridized carbons (Fsp3) is 0.190. The van der Waals surface area contributed by atoms with Gasteiger partial charge in [0.15, 0.2) is 12.4 Å². The molecule has 3 rings (SSSR count). The predicted octanol–water partition coefficient (Wildman–Crippen LogP) is 5.15. The quantitative estimate of drug-likeness (QED) is 0.561. The molecule has 0 fully saturated rings. The van der Waals surface area contributed by atoms with Crippen molar-refractivity contribution in [3.8, 4) is 23.0 Å². The summed E-state index contributed by atoms with van der Waals surface area (Å²) in [5.41, 5.74) is 0.521. The van der Waals surface area contributed by atoms with E-state index in [2.05, 4.69) is 15.3 Å². The molecule has 31 heavy (non-hydrogen) atoms. The van der Waals surface area contributed by atoms with Gasteiger partial charge in [-0.05, 0) is 37.3 Å². The van der Waals surface area contributed by atoms with Crippen molar-refractivity contribution in [1.29, 1.82) is 0 Å². The van der Waals surface area contributed by atoms with Gasteiger partial charge in [-0.1, -0.05) is 23.7 Å². The number of nitrogens with one attached hydrogen (secondary N) is 1. The van der Waals surface area contributed by atoms with Crippen LogP contribution in [0.3, 0.4) is 0 Å². The molecular weight excluding hydrogens is 435 g/mol. The van der Waals surface area contributed by atoms with Crippen molar-refractivity contribution in [1.82, 2.24) is 9.97 Å². The highest BCUT2D eigenvalue weighted by atomic mass is 35.5. The van der Waals surface area contributed by atoms with Gasteiger partial charge < -0.3 is 14.8 Å². The number of ether oxygens (including phenoxy) is 2. The number of halogens is 4. The van der Waals surface area contributed by atoms with Crippen molar-refractivity contribution in [2.75, 3.05) is 19.0 Å². The molecule has 0 aliphatic rings. The van der Waals surface area contributed by atoms with Crippen molar-refractivity contribution in [2.24, 2.45) is 0 Å². The van der Waals surface area contributed by atoms with E-state index in [0.29, 0.717) is 27.7 Å². The Balaban J connectivity index is 1.71. The molecular formula is C21H17ClF3N3O3. The highest BCUT2D eigenvalue weighted by molar-refractivity contribution is 6.31. The van der Waals surface area contributed by atoms with E-state index < -0.39 is 17.6 Å². The fourth-order valence-corrected chi connectivity index (χ4v) is 2.83. The van der Waals surface area contributed by atoms with Crippen LogP contribution in [0.2, 0.25) is 5.02 Å². The summed E-state index contributed by atoms with van der Waals surface area (Å²) < 4.78 is 48.9. The number of aromatic nitrogens is 2. The molecule has 1 heterocycles. The van der Waals surface area contributed by atoms with Crippen LogP contribution in [0.15, 0.2) is 48.5 Å². The number of rotatable bonds is 6. The minimum absolute atomic E-state index is 0.107. The fourth-order valence-electron chi connectivity index (χ4n) is 2.65. The lowest BCUT2D eigenvalue weighted by Crippen LogP contribution is -2.21. The topological polar surface area (TPSA) is 73.3 Å². The summed E-state index contributed by atoms with van der Waals surface area (Å²) in [6.45, 7) is 1.32. The number of hydrogen-bond acceptors (Lipinski definition) is 5. The maximum absolute atomic E-state index is 12.7. The lowest BCUT2D eigenvalue weighted by molar-refractivity contribution is -0.137. The number of nitrogens with zero attached hydrogens (tertiary/aromatic N) is 2. The van der Waals surface area contributed by atoms with Gasteiger partial charge in [0.05, 0.1) is 18.4 Å². The number of methoxy groups -OCH3 is 1. The Morgan fingerprint density at radius 3 is 2.45 bits per heavy atom. The number of amides is 1. The van der Waals surface area contributed by atoms with Crippen molar-refractivity contribution < 1.29 is 27.4 Å². The maximum Gasteiger partial charge on any atom is 0.416 e. The van der Waals surface area contributed by atoms with Crippen LogP contribution in [-0.4, -0.2) is 29.6 Å². The first-order valence-corrected chi connectivity index (χ1v) is 9.33. The molecule has 6 nitrogen and oxygen atoms in total. The number of alkyl halides is 3. The first-order valence-electron chi connectivity index (χ1n) is 8.95. The second-order valence-corrected chi connectivity index (χ2v) is 6.86. The molecule has 0 unspecified atom stereocenters. The highest BCUT2D eigenvalue weighted by Crippen LogP contribution is 2.31. The van der Waals surface area contributed by atoms with Crippen LogP contribution in [0.5, 0.6) is 11.6 Å². The highest BCUT2D eigenvalue weighted by Gasteiger charge is 2.30. The third kappa shape index (κ3) is 5.85. The molecule has 0 saturated heterocycles. The summed E-state index contributed by atoms with van der Waals surface area (Å²) in [7, 11) is 1.46. The van der Waals surface area contributed by atoms with Crippen LogP contribution in [0.1, 0.15) is 11.3 Å². The molecule has 1 aromatic heterocycles. The smallest absolute Gasteiger partial charge is 0.416 e. The standard InChI is InChI=1S/C21H17ClF3N3O3/c1-12-9-19(28-20(26-12)13-3-5-14(6-4-13)21(23,24)25)31-11-18(29)27-16-10-15(22)7-8-17(16)30-2/h3-10H,11H2,1-2H3,(H,27,29). The molecule has 2 aromatic carbocycles. The van der Waals surface area contributed by atoms with E-state index in [1.54, 1.807) is 19.1 Å². The zero-order chi connectivity index (χ0) is 22.6. The largest absolute Gasteiger partial charge is 0.495 e. The van der Waals surface area contributed by atoms with Gasteiger partial charge in [-0.2, -0.15) is 18.2 Å². The second-order valence-electron chi connectivity index (χ2n) is 6.43. The normalized spacial score (nSPS) is 11.2. The number of anilines is 1. The number of carbonyl (C=O) groups excluding carboxylic acids is 1. The molecule has 0 spiro atoms. The Morgan fingerprint density at radius 1 is 1.10 bits per heavy atom. The van der Waals surface area contributed by atoms with Crippen molar-refractivity contribution >= 4 is 23.2 Å². The summed E-state index contributed by atoms with van der Waals surface area (Å²) in [6.07, 6.45) is -4.43. The average molecular weight is 452 g/mol. The molecule has 0 bridgehead atoms. The monoisotopic (exact) mass is 451 g/mol. The number of hydrogen-bond donors (Lipinski definition) is 1. The molecule has 1 amide bonds. The van der Waals surface area contributed by atoms with Gasteiger partial charge >= 0.3 is 6.18 Å². The Bertz CT molecular complexity index is 1090. The van der Waals surface area contributed by atoms with Crippen LogP contribution >= 0.6 is 11.6 Å². The van der Waals surface area contributed by atoms with E-state index in [4.69, 9.17) is 21.1 Å². The number of aryl methyl sites for hydroxylation is 1. The zero-order valence-electron chi connectivity index (χ0n) is 16.5. The van der Waals surface area contributed by atoms with Crippen LogP contribution in [0.4, 0.5) is 18.9 Å². The molecule has 0 atom stereocenters. The van der Waals surface area contributed by atoms with Gasteiger partial charge in [0, 0.05) is 22.3 Å². The van der Waals surface area contributed by atoms with Crippen LogP contribution in [-0.2, 0) is 11.0 Å². The first kappa shape index (κ1) is 22.4. The average Bonchev–Trinajstić information content (AvgIpc) is 2.71. The second kappa shape index (κ2) is 9.22. The Kier molecular flexibility index (Phi) is 6.65. The summed E-state index contributed by atoms with van der Waals surface area (Å²) in [5.74, 6) is 0.240. The molecule has 3 aromatic rings. The van der Waals surface area contributed by atoms with E-state index in [-0.39, 0.29) is 18.3 Å². The molecule has 0 aliphatic heterocycles. The van der Waals surface area contributed by atoms with E-state index in [0.717, 1.165) is 12.1 Å². The molecule has 0 radical (unpaired) electrons. The van der Waals surface area contributed by atoms with Gasteiger partial charge in [-0.25, -0.2) is 4.98 Å². The van der Waals surface area contributed by atoms with E-state index >= 15 is 0 Å². The van der Waals surface area contributed by atoms with Crippen molar-refractivity contribution in [2.45, 2.75) is 13.1 Å². The van der Waals surface area contributed by atoms with E-state index in [9.17, 15) is 18.0 Å². The summed E-state index contributed by atoms with van der Waals surface area (Å²) >= 11 is 5.94. The Labute approximate surface area is 181 Å². The molecule has 0 saturated carbocycles. The first-order chi connectivity index (χ1) is 14.7. The van der Waals surface area contributed by atoms with Crippen molar-refractivity contribution in [3.63, 3.8) is 0 Å². The van der Waals surface area contributed by atoms with E-state index in [1.807, 2.05) is 0 Å². The minimum atomic E-state index is -4.43. The Morgan fingerprint density at radius 2 is 1.81 bits per heavy atom. The van der Waals surface area contributed by atoms with Crippen LogP contribution in [0.25, 0.3) is 11.4 Å². The maximum atomic E-state index is 12.7. The third-order valence-electron chi connectivity index (χ3n) is 4.09. The summed E-state index contributed by atoms with van der Waals surface area (Å²) in [4.78, 5) is 20.7. The van der Waals surface area contributed by atoms with Crippen molar-refractivity contribution in [3.05, 3.63) is 64.8 Å². The van der Waals surface area contributed by atoms with E-state index in [1.165, 1.54) is 31.4 Å². The number of carbonyl (C=O) groups is 1. The van der Waals surface area contributed by atoms with Gasteiger partial charge in [0.2, 0.25) is 5.88 Å². The lowest BCUT2D eigenvalue weighted by atomic mass is 10.1. The molecule has 0 aliphatic carbocycles. The van der Waals surface area contributed by atoms with Gasteiger partial charge in [-0.3, -0.25) is 4.79 Å². The third-order valence-corrected chi connectivity index (χ3v) is 4.32. The van der Waals surface area contributed by atoms with Crippen LogP contribution < -0.4 is 14.8 Å². The molecule has 10 heteroatoms. The van der Waals surface area contributed by atoms with Gasteiger partial charge in [-0.15, -0.1) is 0 Å². The predicted molar refractivity (Wildman–Crippen MR) is 109 cm³/mol. The molecule has 162 valence electrons. The summed E-state index contributed by atoms with van der Waals surface area (Å²) in [5, 5.41) is 3.05. The zero-order valence-corrected chi connectivity index (χ0v) is 17.2. The summed E-state index contributed by atoms with van der Waals surface area (Å²) in [6, 6.07) is 10.7. The van der Waals surface area contributed by atoms with Crippen LogP contribution in [0, 0.1) is 6.92 Å². The minimum Gasteiger partial charge on any atom is -0.495 e. The van der Waals surface area contributed by atoms with Gasteiger partial charge in [0.25, 0.3) is 5.91 Å².